The summed E-state index contributed by atoms with van der Waals surface area (Å²) in [5.74, 6) is -1.90. The van der Waals surface area contributed by atoms with Crippen LogP contribution in [0.25, 0.3) is 0 Å². The minimum atomic E-state index is -3.42. The summed E-state index contributed by atoms with van der Waals surface area (Å²) in [6.45, 7) is 0.353. The molecule has 0 aliphatic carbocycles. The van der Waals surface area contributed by atoms with Gasteiger partial charge < -0.3 is 15.4 Å². The number of ether oxygens (including phenoxy) is 1. The van der Waals surface area contributed by atoms with E-state index >= 15 is 0 Å². The molecule has 2 N–H and O–H groups in total. The van der Waals surface area contributed by atoms with Crippen LogP contribution >= 0.6 is 0 Å². The van der Waals surface area contributed by atoms with E-state index in [1.807, 2.05) is 0 Å². The summed E-state index contributed by atoms with van der Waals surface area (Å²) in [4.78, 5) is 24.2. The van der Waals surface area contributed by atoms with E-state index in [9.17, 15) is 22.4 Å². The van der Waals surface area contributed by atoms with Crippen LogP contribution in [0.1, 0.15) is 18.4 Å². The van der Waals surface area contributed by atoms with Gasteiger partial charge in [0.05, 0.1) is 18.6 Å². The van der Waals surface area contributed by atoms with Gasteiger partial charge in [-0.3, -0.25) is 13.9 Å². The van der Waals surface area contributed by atoms with E-state index in [-0.39, 0.29) is 23.7 Å². The van der Waals surface area contributed by atoms with Gasteiger partial charge in [0.15, 0.2) is 0 Å². The van der Waals surface area contributed by atoms with Crippen molar-refractivity contribution in [1.82, 2.24) is 5.32 Å². The molecule has 1 fully saturated rings. The SMILES string of the molecule is COc1cc(NC(=O)C(=O)NCc2cccc(F)c2)ccc1N1CCCCS1(=O)=O. The molecule has 0 saturated carbocycles. The monoisotopic (exact) mass is 435 g/mol. The van der Waals surface area contributed by atoms with Gasteiger partial charge >= 0.3 is 11.8 Å². The predicted octanol–water partition coefficient (Wildman–Crippen LogP) is 2.02. The van der Waals surface area contributed by atoms with Crippen molar-refractivity contribution in [2.75, 3.05) is 29.0 Å². The summed E-state index contributed by atoms with van der Waals surface area (Å²) in [5.41, 5.74) is 1.17. The molecule has 30 heavy (non-hydrogen) atoms. The fraction of sp³-hybridized carbons (Fsp3) is 0.300. The molecule has 2 aromatic rings. The Kier molecular flexibility index (Phi) is 6.56. The number of carbonyl (C=O) groups excluding carboxylic acids is 2. The molecular weight excluding hydrogens is 413 g/mol. The number of carbonyl (C=O) groups is 2. The second kappa shape index (κ2) is 9.12. The molecule has 8 nitrogen and oxygen atoms in total. The Balaban J connectivity index is 1.67. The van der Waals surface area contributed by atoms with Gasteiger partial charge in [0.1, 0.15) is 11.6 Å². The molecular formula is C20H22FN3O5S. The summed E-state index contributed by atoms with van der Waals surface area (Å²) < 4.78 is 44.4. The second-order valence-electron chi connectivity index (χ2n) is 6.75. The molecule has 2 amide bonds. The van der Waals surface area contributed by atoms with E-state index in [1.54, 1.807) is 6.07 Å². The molecule has 1 saturated heterocycles. The topological polar surface area (TPSA) is 105 Å². The van der Waals surface area contributed by atoms with Crippen molar-refractivity contribution >= 4 is 33.2 Å². The summed E-state index contributed by atoms with van der Waals surface area (Å²) >= 11 is 0. The Labute approximate surface area is 174 Å². The lowest BCUT2D eigenvalue weighted by atomic mass is 10.2. The highest BCUT2D eigenvalue weighted by atomic mass is 32.2. The first kappa shape index (κ1) is 21.6. The smallest absolute Gasteiger partial charge is 0.313 e. The Hall–Kier alpha value is -3.14. The lowest BCUT2D eigenvalue weighted by Gasteiger charge is -2.29. The highest BCUT2D eigenvalue weighted by Crippen LogP contribution is 2.34. The number of anilines is 2. The number of rotatable bonds is 5. The molecule has 0 unspecified atom stereocenters. The van der Waals surface area contributed by atoms with Crippen molar-refractivity contribution in [1.29, 1.82) is 0 Å². The van der Waals surface area contributed by atoms with Crippen molar-refractivity contribution in [3.05, 3.63) is 53.8 Å². The quantitative estimate of drug-likeness (QED) is 0.700. The van der Waals surface area contributed by atoms with Gasteiger partial charge in [-0.15, -0.1) is 0 Å². The minimum Gasteiger partial charge on any atom is -0.494 e. The molecule has 0 spiro atoms. The van der Waals surface area contributed by atoms with Crippen LogP contribution < -0.4 is 19.7 Å². The number of hydrogen-bond acceptors (Lipinski definition) is 5. The first-order valence-electron chi connectivity index (χ1n) is 9.32. The van der Waals surface area contributed by atoms with Crippen LogP contribution in [-0.4, -0.2) is 39.6 Å². The zero-order valence-electron chi connectivity index (χ0n) is 16.4. The fourth-order valence-electron chi connectivity index (χ4n) is 3.12. The second-order valence-corrected chi connectivity index (χ2v) is 8.76. The van der Waals surface area contributed by atoms with Crippen molar-refractivity contribution in [2.24, 2.45) is 0 Å². The third-order valence-corrected chi connectivity index (χ3v) is 6.46. The number of hydrogen-bond donors (Lipinski definition) is 2. The molecule has 3 rings (SSSR count). The van der Waals surface area contributed by atoms with Crippen molar-refractivity contribution in [2.45, 2.75) is 19.4 Å². The molecule has 0 radical (unpaired) electrons. The van der Waals surface area contributed by atoms with E-state index in [0.29, 0.717) is 24.2 Å². The van der Waals surface area contributed by atoms with Crippen LogP contribution in [0.3, 0.4) is 0 Å². The average Bonchev–Trinajstić information content (AvgIpc) is 2.72. The van der Waals surface area contributed by atoms with Gasteiger partial charge in [-0.25, -0.2) is 12.8 Å². The highest BCUT2D eigenvalue weighted by molar-refractivity contribution is 7.92. The molecule has 1 aliphatic heterocycles. The molecule has 1 heterocycles. The molecule has 0 aromatic heterocycles. The Bertz CT molecular complexity index is 1060. The van der Waals surface area contributed by atoms with Crippen LogP contribution in [0.5, 0.6) is 5.75 Å². The summed E-state index contributed by atoms with van der Waals surface area (Å²) in [7, 11) is -2.02. The van der Waals surface area contributed by atoms with E-state index in [2.05, 4.69) is 10.6 Å². The molecule has 10 heteroatoms. The predicted molar refractivity (Wildman–Crippen MR) is 110 cm³/mol. The van der Waals surface area contributed by atoms with Crippen LogP contribution in [0.4, 0.5) is 15.8 Å². The highest BCUT2D eigenvalue weighted by Gasteiger charge is 2.28. The van der Waals surface area contributed by atoms with E-state index in [4.69, 9.17) is 4.74 Å². The van der Waals surface area contributed by atoms with E-state index in [0.717, 1.165) is 6.42 Å². The van der Waals surface area contributed by atoms with Gasteiger partial charge in [-0.1, -0.05) is 12.1 Å². The standard InChI is InChI=1S/C20H22FN3O5S/c1-29-18-12-16(7-8-17(18)24-9-2-3-10-30(24,27)28)23-20(26)19(25)22-13-14-5-4-6-15(21)11-14/h4-8,11-12H,2-3,9-10,13H2,1H3,(H,22,25)(H,23,26). The first-order valence-corrected chi connectivity index (χ1v) is 10.9. The number of amides is 2. The molecule has 160 valence electrons. The van der Waals surface area contributed by atoms with Crippen molar-refractivity contribution in [3.8, 4) is 5.75 Å². The van der Waals surface area contributed by atoms with Gasteiger partial charge in [0.2, 0.25) is 10.0 Å². The lowest BCUT2D eigenvalue weighted by Crippen LogP contribution is -2.38. The summed E-state index contributed by atoms with van der Waals surface area (Å²) in [6.07, 6.45) is 1.35. The third-order valence-electron chi connectivity index (χ3n) is 4.60. The van der Waals surface area contributed by atoms with Gasteiger partial charge in [-0.2, -0.15) is 0 Å². The Morgan fingerprint density at radius 3 is 2.63 bits per heavy atom. The number of methoxy groups -OCH3 is 1. The third kappa shape index (κ3) is 5.07. The van der Waals surface area contributed by atoms with Gasteiger partial charge in [-0.05, 0) is 42.7 Å². The number of sulfonamides is 1. The molecule has 0 atom stereocenters. The maximum Gasteiger partial charge on any atom is 0.313 e. The van der Waals surface area contributed by atoms with Crippen LogP contribution in [-0.2, 0) is 26.2 Å². The summed E-state index contributed by atoms with van der Waals surface area (Å²) in [5, 5.41) is 4.85. The van der Waals surface area contributed by atoms with Crippen molar-refractivity contribution in [3.63, 3.8) is 0 Å². The van der Waals surface area contributed by atoms with Gasteiger partial charge in [0, 0.05) is 24.8 Å². The van der Waals surface area contributed by atoms with Crippen LogP contribution in [0.2, 0.25) is 0 Å². The van der Waals surface area contributed by atoms with E-state index in [1.165, 1.54) is 47.8 Å². The normalized spacial score (nSPS) is 15.3. The Morgan fingerprint density at radius 1 is 1.13 bits per heavy atom. The van der Waals surface area contributed by atoms with Gasteiger partial charge in [0.25, 0.3) is 0 Å². The molecule has 0 bridgehead atoms. The van der Waals surface area contributed by atoms with Crippen LogP contribution in [0, 0.1) is 5.82 Å². The molecule has 1 aliphatic rings. The van der Waals surface area contributed by atoms with Crippen LogP contribution in [0.15, 0.2) is 42.5 Å². The zero-order chi connectivity index (χ0) is 21.7. The Morgan fingerprint density at radius 2 is 1.93 bits per heavy atom. The maximum absolute atomic E-state index is 13.2. The van der Waals surface area contributed by atoms with Crippen molar-refractivity contribution < 1.29 is 27.1 Å². The zero-order valence-corrected chi connectivity index (χ0v) is 17.2. The first-order chi connectivity index (χ1) is 14.3. The minimum absolute atomic E-state index is 0.000901. The molecule has 2 aromatic carbocycles. The average molecular weight is 435 g/mol. The lowest BCUT2D eigenvalue weighted by molar-refractivity contribution is -0.136. The number of benzene rings is 2. The largest absolute Gasteiger partial charge is 0.494 e. The number of nitrogens with one attached hydrogen (secondary N) is 2. The fourth-order valence-corrected chi connectivity index (χ4v) is 4.77. The van der Waals surface area contributed by atoms with E-state index < -0.39 is 27.7 Å². The number of nitrogens with zero attached hydrogens (tertiary/aromatic N) is 1. The summed E-state index contributed by atoms with van der Waals surface area (Å²) in [6, 6.07) is 10.2. The maximum atomic E-state index is 13.2. The number of halogens is 1.